The van der Waals surface area contributed by atoms with Crippen molar-refractivity contribution in [1.82, 2.24) is 20.5 Å². The molecule has 1 saturated heterocycles. The van der Waals surface area contributed by atoms with Gasteiger partial charge in [0, 0.05) is 24.8 Å². The summed E-state index contributed by atoms with van der Waals surface area (Å²) in [5.41, 5.74) is 4.97. The molecule has 0 radical (unpaired) electrons. The third kappa shape index (κ3) is 13.9. The number of primary amides is 1. The summed E-state index contributed by atoms with van der Waals surface area (Å²) in [6.07, 6.45) is 1.62. The Bertz CT molecular complexity index is 1480. The summed E-state index contributed by atoms with van der Waals surface area (Å²) in [5.74, 6) is -1.22. The molecule has 2 aromatic rings. The molecule has 4 amide bonds. The highest BCUT2D eigenvalue weighted by Crippen LogP contribution is 2.25. The summed E-state index contributed by atoms with van der Waals surface area (Å²) < 4.78 is 27.4. The molecule has 1 unspecified atom stereocenters. The number of carbonyl (C=O) groups is 5. The zero-order chi connectivity index (χ0) is 37.1. The molecule has 0 aliphatic carbocycles. The van der Waals surface area contributed by atoms with Gasteiger partial charge in [-0.3, -0.25) is 14.4 Å². The molecule has 1 aliphatic heterocycles. The molecule has 0 saturated carbocycles. The van der Waals surface area contributed by atoms with Gasteiger partial charge in [-0.1, -0.05) is 26.8 Å². The third-order valence-corrected chi connectivity index (χ3v) is 7.22. The molecule has 1 aromatic carbocycles. The van der Waals surface area contributed by atoms with Crippen molar-refractivity contribution < 1.29 is 47.7 Å². The van der Waals surface area contributed by atoms with Crippen molar-refractivity contribution in [3.8, 4) is 17.4 Å². The lowest BCUT2D eigenvalue weighted by Gasteiger charge is -2.39. The highest BCUT2D eigenvalue weighted by atomic mass is 16.6. The highest BCUT2D eigenvalue weighted by molar-refractivity contribution is 5.96. The van der Waals surface area contributed by atoms with E-state index in [-0.39, 0.29) is 42.6 Å². The average molecular weight is 700 g/mol. The van der Waals surface area contributed by atoms with E-state index in [1.54, 1.807) is 45.0 Å². The van der Waals surface area contributed by atoms with Crippen LogP contribution in [0.15, 0.2) is 42.6 Å². The van der Waals surface area contributed by atoms with Crippen LogP contribution in [-0.4, -0.2) is 96.9 Å². The van der Waals surface area contributed by atoms with E-state index in [2.05, 4.69) is 15.6 Å². The van der Waals surface area contributed by atoms with E-state index in [0.29, 0.717) is 37.4 Å². The zero-order valence-electron chi connectivity index (χ0n) is 29.8. The van der Waals surface area contributed by atoms with E-state index in [9.17, 15) is 24.0 Å². The second-order valence-electron chi connectivity index (χ2n) is 14.2. The summed E-state index contributed by atoms with van der Waals surface area (Å²) in [6.45, 7) is 11.8. The smallest absolute Gasteiger partial charge is 0.410 e. The topological polar surface area (TPSA) is 198 Å². The first-order valence-electron chi connectivity index (χ1n) is 16.3. The Kier molecular flexibility index (Phi) is 14.0. The fourth-order valence-electron chi connectivity index (χ4n) is 4.62. The number of hydrogen-bond donors (Lipinski definition) is 3. The molecule has 2 atom stereocenters. The Morgan fingerprint density at radius 2 is 1.70 bits per heavy atom. The number of rotatable bonds is 16. The number of likely N-dealkylation sites (tertiary alicyclic amines) is 1. The Balaban J connectivity index is 1.48. The van der Waals surface area contributed by atoms with Crippen LogP contribution in [0, 0.1) is 5.41 Å². The second-order valence-corrected chi connectivity index (χ2v) is 14.2. The van der Waals surface area contributed by atoms with Gasteiger partial charge in [-0.25, -0.2) is 14.6 Å². The van der Waals surface area contributed by atoms with Crippen molar-refractivity contribution >= 4 is 29.8 Å². The molecule has 1 fully saturated rings. The molecule has 274 valence electrons. The number of carbonyl (C=O) groups excluding carboxylic acids is 5. The van der Waals surface area contributed by atoms with Gasteiger partial charge in [0.2, 0.25) is 11.8 Å². The third-order valence-electron chi connectivity index (χ3n) is 7.22. The van der Waals surface area contributed by atoms with Crippen molar-refractivity contribution in [2.24, 2.45) is 11.1 Å². The number of benzene rings is 1. The molecule has 0 spiro atoms. The van der Waals surface area contributed by atoms with Crippen molar-refractivity contribution in [2.75, 3.05) is 33.4 Å². The monoisotopic (exact) mass is 699 g/mol. The predicted octanol–water partition coefficient (Wildman–Crippen LogP) is 3.35. The molecule has 3 rings (SSSR count). The highest BCUT2D eigenvalue weighted by Gasteiger charge is 2.35. The van der Waals surface area contributed by atoms with Gasteiger partial charge in [-0.15, -0.1) is 0 Å². The first kappa shape index (κ1) is 39.5. The van der Waals surface area contributed by atoms with Crippen molar-refractivity contribution in [2.45, 2.75) is 84.6 Å². The Labute approximate surface area is 292 Å². The molecule has 2 heterocycles. The van der Waals surface area contributed by atoms with Gasteiger partial charge < -0.3 is 45.0 Å². The maximum atomic E-state index is 12.8. The van der Waals surface area contributed by atoms with Crippen LogP contribution in [0.4, 0.5) is 4.79 Å². The van der Waals surface area contributed by atoms with E-state index in [1.165, 1.54) is 30.3 Å². The molecule has 50 heavy (non-hydrogen) atoms. The summed E-state index contributed by atoms with van der Waals surface area (Å²) in [6, 6.07) is 8.07. The fraction of sp³-hybridized carbons (Fsp3) is 0.543. The lowest BCUT2D eigenvalue weighted by molar-refractivity contribution is -0.143. The number of pyridine rings is 1. The standard InChI is InChI=1S/C35H49N5O10/c1-34(2,3)14-13-27(32(44)46-7)39-31(43)22-11-12-30(37-17-22)49-25-10-8-9-24(16-25)48-21-29(42)38-23(15-28(36)41)20-47-26-18-40(19-26)33(45)50-35(4,5)6/h8-12,16-17,23,26-27H,13-15,18-21H2,1-7H3,(H2,36,41)(H,38,42)(H,39,43)/t23?,27-/m0/s1. The molecule has 1 aliphatic rings. The minimum atomic E-state index is -0.791. The molecule has 15 nitrogen and oxygen atoms in total. The largest absolute Gasteiger partial charge is 0.484 e. The predicted molar refractivity (Wildman–Crippen MR) is 181 cm³/mol. The zero-order valence-corrected chi connectivity index (χ0v) is 29.8. The summed E-state index contributed by atoms with van der Waals surface area (Å²) in [7, 11) is 1.28. The van der Waals surface area contributed by atoms with Crippen molar-refractivity contribution in [3.05, 3.63) is 48.2 Å². The Morgan fingerprint density at radius 1 is 1.00 bits per heavy atom. The first-order chi connectivity index (χ1) is 23.4. The van der Waals surface area contributed by atoms with Crippen LogP contribution in [0.3, 0.4) is 0 Å². The Morgan fingerprint density at radius 3 is 2.30 bits per heavy atom. The first-order valence-corrected chi connectivity index (χ1v) is 16.3. The number of aromatic nitrogens is 1. The summed E-state index contributed by atoms with van der Waals surface area (Å²) in [5, 5.41) is 5.41. The van der Waals surface area contributed by atoms with Crippen LogP contribution in [0.5, 0.6) is 17.4 Å². The van der Waals surface area contributed by atoms with Gasteiger partial charge in [-0.2, -0.15) is 0 Å². The second kappa shape index (κ2) is 17.7. The normalized spacial score (nSPS) is 14.4. The SMILES string of the molecule is COC(=O)[C@H](CCC(C)(C)C)NC(=O)c1ccc(Oc2cccc(OCC(=O)NC(COC3CN(C(=O)OC(C)(C)C)C3)CC(N)=O)c2)nc1. The van der Waals surface area contributed by atoms with Gasteiger partial charge in [0.25, 0.3) is 11.8 Å². The number of ether oxygens (including phenoxy) is 5. The van der Waals surface area contributed by atoms with Crippen molar-refractivity contribution in [1.29, 1.82) is 0 Å². The number of amides is 4. The number of hydrogen-bond acceptors (Lipinski definition) is 11. The van der Waals surface area contributed by atoms with Crippen LogP contribution >= 0.6 is 0 Å². The van der Waals surface area contributed by atoms with Gasteiger partial charge in [0.05, 0.1) is 44.5 Å². The van der Waals surface area contributed by atoms with E-state index >= 15 is 0 Å². The van der Waals surface area contributed by atoms with Gasteiger partial charge >= 0.3 is 12.1 Å². The van der Waals surface area contributed by atoms with Crippen LogP contribution in [0.25, 0.3) is 0 Å². The van der Waals surface area contributed by atoms with Crippen molar-refractivity contribution in [3.63, 3.8) is 0 Å². The van der Waals surface area contributed by atoms with E-state index in [0.717, 1.165) is 0 Å². The lowest BCUT2D eigenvalue weighted by atomic mass is 9.88. The summed E-state index contributed by atoms with van der Waals surface area (Å²) >= 11 is 0. The van der Waals surface area contributed by atoms with Gasteiger partial charge in [0.15, 0.2) is 6.61 Å². The van der Waals surface area contributed by atoms with E-state index in [4.69, 9.17) is 29.4 Å². The number of methoxy groups -OCH3 is 1. The van der Waals surface area contributed by atoms with E-state index in [1.807, 2.05) is 20.8 Å². The number of nitrogens with two attached hydrogens (primary N) is 1. The lowest BCUT2D eigenvalue weighted by Crippen LogP contribution is -2.57. The number of esters is 1. The van der Waals surface area contributed by atoms with Gasteiger partial charge in [0.1, 0.15) is 23.1 Å². The van der Waals surface area contributed by atoms with Crippen LogP contribution in [0.1, 0.15) is 71.2 Å². The number of nitrogens with one attached hydrogen (secondary N) is 2. The summed E-state index contributed by atoms with van der Waals surface area (Å²) in [4.78, 5) is 67.1. The van der Waals surface area contributed by atoms with Crippen LogP contribution in [-0.2, 0) is 28.6 Å². The fourth-order valence-corrected chi connectivity index (χ4v) is 4.62. The molecule has 0 bridgehead atoms. The Hall–Kier alpha value is -4.92. The molecular weight excluding hydrogens is 650 g/mol. The minimum Gasteiger partial charge on any atom is -0.484 e. The minimum absolute atomic E-state index is 0.0152. The maximum absolute atomic E-state index is 12.8. The molecule has 4 N–H and O–H groups in total. The number of nitrogens with zero attached hydrogens (tertiary/aromatic N) is 2. The maximum Gasteiger partial charge on any atom is 0.410 e. The molecule has 15 heteroatoms. The quantitative estimate of drug-likeness (QED) is 0.217. The molecule has 1 aromatic heterocycles. The average Bonchev–Trinajstić information content (AvgIpc) is 2.99. The van der Waals surface area contributed by atoms with E-state index < -0.39 is 47.5 Å². The van der Waals surface area contributed by atoms with Crippen LogP contribution in [0.2, 0.25) is 0 Å². The molecular formula is C35H49N5O10. The van der Waals surface area contributed by atoms with Crippen LogP contribution < -0.4 is 25.8 Å². The van der Waals surface area contributed by atoms with Gasteiger partial charge in [-0.05, 0) is 57.2 Å².